The zero-order chi connectivity index (χ0) is 11.0. The lowest BCUT2D eigenvalue weighted by Gasteiger charge is -2.01. The van der Waals surface area contributed by atoms with E-state index >= 15 is 0 Å². The molecule has 0 spiro atoms. The number of halogens is 1. The molecule has 1 rings (SSSR count). The van der Waals surface area contributed by atoms with Crippen molar-refractivity contribution in [3.05, 3.63) is 35.4 Å². The average Bonchev–Trinajstić information content (AvgIpc) is 2.20. The van der Waals surface area contributed by atoms with Crippen LogP contribution in [0, 0.1) is 6.92 Å². The summed E-state index contributed by atoms with van der Waals surface area (Å²) in [5.74, 6) is -0.240. The van der Waals surface area contributed by atoms with Gasteiger partial charge in [-0.15, -0.1) is 0 Å². The number of aryl methyl sites for hydroxylation is 1. The maximum Gasteiger partial charge on any atom is 0.302 e. The lowest BCUT2D eigenvalue weighted by atomic mass is 10.2. The number of rotatable bonds is 2. The van der Waals surface area contributed by atoms with Crippen LogP contribution in [0.5, 0.6) is 0 Å². The van der Waals surface area contributed by atoms with Gasteiger partial charge in [-0.25, -0.2) is 0 Å². The molecule has 0 N–H and O–H groups in total. The summed E-state index contributed by atoms with van der Waals surface area (Å²) in [6.45, 7) is 3.80. The van der Waals surface area contributed by atoms with Crippen LogP contribution in [-0.2, 0) is 16.1 Å². The van der Waals surface area contributed by atoms with Crippen molar-refractivity contribution in [1.29, 1.82) is 0 Å². The molecule has 0 aliphatic heterocycles. The first-order valence-corrected chi connectivity index (χ1v) is 4.25. The predicted octanol–water partition coefficient (Wildman–Crippen LogP) is 2.64. The Labute approximate surface area is 83.7 Å². The standard InChI is InChI=1S/C10H12O2.CH3F/c1-8-3-5-10(6-4-8)7-12-9(2)11;1-2/h3-6H,7H2,1-2H3;1H3. The van der Waals surface area contributed by atoms with E-state index in [-0.39, 0.29) is 5.97 Å². The van der Waals surface area contributed by atoms with Crippen molar-refractivity contribution < 1.29 is 13.9 Å². The van der Waals surface area contributed by atoms with Crippen molar-refractivity contribution in [3.8, 4) is 0 Å². The van der Waals surface area contributed by atoms with Crippen molar-refractivity contribution in [1.82, 2.24) is 0 Å². The first kappa shape index (κ1) is 12.6. The number of carbonyl (C=O) groups excluding carboxylic acids is 1. The molecule has 0 aliphatic rings. The Balaban J connectivity index is 0.000000791. The third-order valence-corrected chi connectivity index (χ3v) is 1.56. The lowest BCUT2D eigenvalue weighted by Crippen LogP contribution is -1.98. The van der Waals surface area contributed by atoms with Crippen molar-refractivity contribution in [2.45, 2.75) is 20.5 Å². The summed E-state index contributed by atoms with van der Waals surface area (Å²) in [7, 11) is 0.500. The number of alkyl halides is 1. The highest BCUT2D eigenvalue weighted by Crippen LogP contribution is 2.04. The summed E-state index contributed by atoms with van der Waals surface area (Å²) in [6, 6.07) is 7.91. The van der Waals surface area contributed by atoms with Gasteiger partial charge >= 0.3 is 5.97 Å². The third kappa shape index (κ3) is 5.30. The number of esters is 1. The van der Waals surface area contributed by atoms with E-state index in [4.69, 9.17) is 4.74 Å². The maximum absolute atomic E-state index is 10.5. The van der Waals surface area contributed by atoms with Crippen LogP contribution < -0.4 is 0 Å². The maximum atomic E-state index is 10.5. The van der Waals surface area contributed by atoms with Crippen LogP contribution >= 0.6 is 0 Å². The quantitative estimate of drug-likeness (QED) is 0.683. The van der Waals surface area contributed by atoms with Gasteiger partial charge in [0.2, 0.25) is 0 Å². The van der Waals surface area contributed by atoms with Gasteiger partial charge in [-0.3, -0.25) is 9.18 Å². The Kier molecular flexibility index (Phi) is 6.37. The van der Waals surface area contributed by atoms with Crippen LogP contribution in [0.4, 0.5) is 4.39 Å². The smallest absolute Gasteiger partial charge is 0.302 e. The minimum absolute atomic E-state index is 0.240. The van der Waals surface area contributed by atoms with E-state index in [2.05, 4.69) is 0 Å². The average molecular weight is 198 g/mol. The van der Waals surface area contributed by atoms with E-state index in [1.54, 1.807) is 0 Å². The van der Waals surface area contributed by atoms with Crippen LogP contribution in [0.2, 0.25) is 0 Å². The Bertz CT molecular complexity index is 267. The van der Waals surface area contributed by atoms with Gasteiger partial charge in [-0.2, -0.15) is 0 Å². The van der Waals surface area contributed by atoms with Gasteiger partial charge in [0.25, 0.3) is 0 Å². The van der Waals surface area contributed by atoms with Crippen molar-refractivity contribution in [3.63, 3.8) is 0 Å². The number of benzene rings is 1. The SMILES string of the molecule is CC(=O)OCc1ccc(C)cc1.CF. The van der Waals surface area contributed by atoms with Crippen LogP contribution in [0.15, 0.2) is 24.3 Å². The summed E-state index contributed by atoms with van der Waals surface area (Å²) in [5.41, 5.74) is 2.23. The van der Waals surface area contributed by atoms with Gasteiger partial charge in [0, 0.05) is 6.92 Å². The van der Waals surface area contributed by atoms with Gasteiger partial charge in [0.15, 0.2) is 0 Å². The van der Waals surface area contributed by atoms with Crippen molar-refractivity contribution in [2.24, 2.45) is 0 Å². The Morgan fingerprint density at radius 3 is 2.21 bits per heavy atom. The highest BCUT2D eigenvalue weighted by molar-refractivity contribution is 5.65. The van der Waals surface area contributed by atoms with Gasteiger partial charge < -0.3 is 4.74 Å². The van der Waals surface area contributed by atoms with Crippen LogP contribution in [0.3, 0.4) is 0 Å². The first-order chi connectivity index (χ1) is 6.68. The number of hydrogen-bond acceptors (Lipinski definition) is 2. The molecule has 0 fully saturated rings. The number of ether oxygens (including phenoxy) is 1. The Hall–Kier alpha value is -1.38. The molecule has 2 nitrogen and oxygen atoms in total. The fourth-order valence-electron chi connectivity index (χ4n) is 0.869. The molecule has 1 aromatic rings. The first-order valence-electron chi connectivity index (χ1n) is 4.25. The van der Waals surface area contributed by atoms with Gasteiger partial charge in [-0.1, -0.05) is 29.8 Å². The van der Waals surface area contributed by atoms with Crippen LogP contribution in [0.25, 0.3) is 0 Å². The molecule has 0 saturated carbocycles. The molecule has 0 aromatic heterocycles. The number of carbonyl (C=O) groups is 1. The normalized spacial score (nSPS) is 8.57. The second-order valence-electron chi connectivity index (χ2n) is 2.77. The predicted molar refractivity (Wildman–Crippen MR) is 53.7 cm³/mol. The molecule has 0 bridgehead atoms. The molecule has 14 heavy (non-hydrogen) atoms. The summed E-state index contributed by atoms with van der Waals surface area (Å²) < 4.78 is 14.3. The highest BCUT2D eigenvalue weighted by atomic mass is 19.1. The van der Waals surface area contributed by atoms with Crippen LogP contribution in [-0.4, -0.2) is 13.1 Å². The molecular weight excluding hydrogens is 183 g/mol. The number of hydrogen-bond donors (Lipinski definition) is 0. The fraction of sp³-hybridized carbons (Fsp3) is 0.364. The molecule has 0 amide bonds. The summed E-state index contributed by atoms with van der Waals surface area (Å²) in [4.78, 5) is 10.5. The monoisotopic (exact) mass is 198 g/mol. The third-order valence-electron chi connectivity index (χ3n) is 1.56. The van der Waals surface area contributed by atoms with E-state index in [1.807, 2.05) is 31.2 Å². The molecule has 78 valence electrons. The molecule has 0 saturated heterocycles. The van der Waals surface area contributed by atoms with E-state index in [1.165, 1.54) is 12.5 Å². The summed E-state index contributed by atoms with van der Waals surface area (Å²) in [6.07, 6.45) is 0. The lowest BCUT2D eigenvalue weighted by molar-refractivity contribution is -0.142. The van der Waals surface area contributed by atoms with Gasteiger partial charge in [0.05, 0.1) is 7.18 Å². The Morgan fingerprint density at radius 2 is 1.79 bits per heavy atom. The van der Waals surface area contributed by atoms with Gasteiger partial charge in [-0.05, 0) is 12.5 Å². The Morgan fingerprint density at radius 1 is 1.29 bits per heavy atom. The molecular formula is C11H15FO2. The minimum Gasteiger partial charge on any atom is -0.461 e. The summed E-state index contributed by atoms with van der Waals surface area (Å²) >= 11 is 0. The van der Waals surface area contributed by atoms with E-state index in [9.17, 15) is 9.18 Å². The molecule has 0 heterocycles. The van der Waals surface area contributed by atoms with E-state index in [0.717, 1.165) is 5.56 Å². The zero-order valence-electron chi connectivity index (χ0n) is 8.71. The molecule has 3 heteroatoms. The molecule has 0 unspecified atom stereocenters. The highest BCUT2D eigenvalue weighted by Gasteiger charge is 1.94. The largest absolute Gasteiger partial charge is 0.461 e. The van der Waals surface area contributed by atoms with E-state index < -0.39 is 0 Å². The van der Waals surface area contributed by atoms with E-state index in [0.29, 0.717) is 13.8 Å². The van der Waals surface area contributed by atoms with Gasteiger partial charge in [0.1, 0.15) is 6.61 Å². The van der Waals surface area contributed by atoms with Crippen molar-refractivity contribution in [2.75, 3.05) is 7.18 Å². The fourth-order valence-corrected chi connectivity index (χ4v) is 0.869. The molecule has 0 radical (unpaired) electrons. The van der Waals surface area contributed by atoms with Crippen LogP contribution in [0.1, 0.15) is 18.1 Å². The minimum atomic E-state index is -0.240. The second-order valence-corrected chi connectivity index (χ2v) is 2.77. The molecule has 0 atom stereocenters. The topological polar surface area (TPSA) is 26.3 Å². The van der Waals surface area contributed by atoms with Crippen molar-refractivity contribution >= 4 is 5.97 Å². The second kappa shape index (κ2) is 7.06. The zero-order valence-corrected chi connectivity index (χ0v) is 8.71. The summed E-state index contributed by atoms with van der Waals surface area (Å²) in [5, 5.41) is 0. The molecule has 0 aliphatic carbocycles. The molecule has 1 aromatic carbocycles.